The number of alkyl halides is 2. The molecule has 1 aromatic carbocycles. The molecule has 3 nitrogen and oxygen atoms in total. The summed E-state index contributed by atoms with van der Waals surface area (Å²) in [5, 5.41) is 0.745. The van der Waals surface area contributed by atoms with Gasteiger partial charge in [0.15, 0.2) is 0 Å². The predicted octanol–water partition coefficient (Wildman–Crippen LogP) is 1.92. The second-order valence-electron chi connectivity index (χ2n) is 2.62. The molecule has 13 heavy (non-hydrogen) atoms. The lowest BCUT2D eigenvalue weighted by Gasteiger charge is -2.34. The van der Waals surface area contributed by atoms with Crippen LogP contribution in [0.4, 0.5) is 8.78 Å². The first-order chi connectivity index (χ1) is 6.16. The summed E-state index contributed by atoms with van der Waals surface area (Å²) in [5.74, 6) is 0. The number of hydroxylamine groups is 2. The fraction of sp³-hybridized carbons (Fsp3) is 0.250. The van der Waals surface area contributed by atoms with Crippen LogP contribution in [0.1, 0.15) is 5.56 Å². The zero-order chi connectivity index (χ0) is 9.31. The molecule has 0 amide bonds. The Morgan fingerprint density at radius 3 is 2.31 bits per heavy atom. The monoisotopic (exact) mass is 187 g/mol. The molecule has 1 fully saturated rings. The molecule has 0 aliphatic carbocycles. The Morgan fingerprint density at radius 2 is 1.77 bits per heavy atom. The maximum absolute atomic E-state index is 12.0. The van der Waals surface area contributed by atoms with Gasteiger partial charge < -0.3 is 0 Å². The van der Waals surface area contributed by atoms with Gasteiger partial charge in [0.25, 0.3) is 0 Å². The molecule has 1 aliphatic rings. The molecule has 5 heteroatoms. The molecule has 70 valence electrons. The topological polar surface area (TPSA) is 21.7 Å². The molecule has 0 atom stereocenters. The maximum Gasteiger partial charge on any atom is 0.522 e. The van der Waals surface area contributed by atoms with E-state index in [0.717, 1.165) is 10.8 Å². The van der Waals surface area contributed by atoms with Gasteiger partial charge in [0, 0.05) is 0 Å². The molecule has 0 radical (unpaired) electrons. The molecule has 1 saturated heterocycles. The SMILES string of the molecule is FC1(F)ON(Cc2ccccc2)O1. The first kappa shape index (κ1) is 8.55. The van der Waals surface area contributed by atoms with Crippen molar-refractivity contribution in [2.24, 2.45) is 0 Å². The maximum atomic E-state index is 12.0. The molecule has 1 aromatic rings. The van der Waals surface area contributed by atoms with E-state index in [0.29, 0.717) is 0 Å². The zero-order valence-electron chi connectivity index (χ0n) is 6.61. The van der Waals surface area contributed by atoms with Gasteiger partial charge in [0.1, 0.15) is 0 Å². The second kappa shape index (κ2) is 3.02. The highest BCUT2D eigenvalue weighted by Gasteiger charge is 2.49. The molecule has 1 heterocycles. The van der Waals surface area contributed by atoms with E-state index in [4.69, 9.17) is 0 Å². The van der Waals surface area contributed by atoms with Crippen LogP contribution in [-0.2, 0) is 16.2 Å². The normalized spacial score (nSPS) is 21.1. The lowest BCUT2D eigenvalue weighted by atomic mass is 10.2. The molecule has 0 aromatic heterocycles. The highest BCUT2D eigenvalue weighted by Crippen LogP contribution is 2.31. The van der Waals surface area contributed by atoms with E-state index in [2.05, 4.69) is 9.68 Å². The molecule has 0 unspecified atom stereocenters. The van der Waals surface area contributed by atoms with Gasteiger partial charge in [-0.3, -0.25) is 0 Å². The van der Waals surface area contributed by atoms with Crippen LogP contribution in [-0.4, -0.2) is 11.5 Å². The minimum atomic E-state index is -3.45. The third-order valence-corrected chi connectivity index (χ3v) is 1.57. The molecular weight excluding hydrogens is 180 g/mol. The Kier molecular flexibility index (Phi) is 1.99. The molecule has 0 N–H and O–H groups in total. The average molecular weight is 187 g/mol. The Hall–Kier alpha value is -1.04. The molecule has 0 saturated carbocycles. The van der Waals surface area contributed by atoms with E-state index in [1.54, 1.807) is 12.1 Å². The number of hydrogen-bond donors (Lipinski definition) is 0. The summed E-state index contributed by atoms with van der Waals surface area (Å²) in [6.07, 6.45) is -3.45. The fourth-order valence-electron chi connectivity index (χ4n) is 1.04. The van der Waals surface area contributed by atoms with E-state index in [1.165, 1.54) is 0 Å². The molecule has 0 bridgehead atoms. The smallest absolute Gasteiger partial charge is 0.176 e. The van der Waals surface area contributed by atoms with Crippen molar-refractivity contribution in [1.82, 2.24) is 5.23 Å². The van der Waals surface area contributed by atoms with E-state index in [-0.39, 0.29) is 6.54 Å². The van der Waals surface area contributed by atoms with Gasteiger partial charge in [0.2, 0.25) is 0 Å². The highest BCUT2D eigenvalue weighted by atomic mass is 19.3. The first-order valence-corrected chi connectivity index (χ1v) is 3.73. The van der Waals surface area contributed by atoms with Crippen molar-refractivity contribution in [3.05, 3.63) is 35.9 Å². The zero-order valence-corrected chi connectivity index (χ0v) is 6.61. The Bertz CT molecular complexity index is 283. The minimum Gasteiger partial charge on any atom is -0.176 e. The van der Waals surface area contributed by atoms with E-state index in [9.17, 15) is 8.78 Å². The van der Waals surface area contributed by atoms with Crippen molar-refractivity contribution in [2.75, 3.05) is 0 Å². The van der Waals surface area contributed by atoms with Crippen molar-refractivity contribution in [3.63, 3.8) is 0 Å². The Labute approximate surface area is 73.4 Å². The van der Waals surface area contributed by atoms with Gasteiger partial charge in [0.05, 0.1) is 6.54 Å². The number of hydrogen-bond acceptors (Lipinski definition) is 3. The van der Waals surface area contributed by atoms with Crippen LogP contribution in [0.5, 0.6) is 0 Å². The van der Waals surface area contributed by atoms with Crippen LogP contribution >= 0.6 is 0 Å². The molecular formula is C8H7F2NO2. The van der Waals surface area contributed by atoms with Crippen molar-refractivity contribution >= 4 is 0 Å². The third-order valence-electron chi connectivity index (χ3n) is 1.57. The third kappa shape index (κ3) is 2.00. The summed E-state index contributed by atoms with van der Waals surface area (Å²) in [6.45, 7) is 0.191. The van der Waals surface area contributed by atoms with Crippen LogP contribution in [0.15, 0.2) is 30.3 Å². The minimum absolute atomic E-state index is 0.191. The van der Waals surface area contributed by atoms with Gasteiger partial charge in [-0.05, 0) is 10.8 Å². The van der Waals surface area contributed by atoms with Crippen LogP contribution in [0.25, 0.3) is 0 Å². The fourth-order valence-corrected chi connectivity index (χ4v) is 1.04. The van der Waals surface area contributed by atoms with Gasteiger partial charge in [-0.1, -0.05) is 30.3 Å². The quantitative estimate of drug-likeness (QED) is 0.705. The summed E-state index contributed by atoms with van der Waals surface area (Å²) in [6, 6.07) is 9.06. The molecule has 0 spiro atoms. The van der Waals surface area contributed by atoms with Crippen LogP contribution in [0.2, 0.25) is 0 Å². The van der Waals surface area contributed by atoms with Crippen LogP contribution < -0.4 is 0 Å². The van der Waals surface area contributed by atoms with Crippen molar-refractivity contribution in [1.29, 1.82) is 0 Å². The van der Waals surface area contributed by atoms with Gasteiger partial charge >= 0.3 is 6.29 Å². The predicted molar refractivity (Wildman–Crippen MR) is 39.1 cm³/mol. The van der Waals surface area contributed by atoms with Crippen molar-refractivity contribution in [2.45, 2.75) is 12.8 Å². The summed E-state index contributed by atoms with van der Waals surface area (Å²) in [7, 11) is 0. The second-order valence-corrected chi connectivity index (χ2v) is 2.62. The van der Waals surface area contributed by atoms with Crippen LogP contribution in [0, 0.1) is 0 Å². The Balaban J connectivity index is 1.88. The Morgan fingerprint density at radius 1 is 1.15 bits per heavy atom. The molecule has 2 rings (SSSR count). The van der Waals surface area contributed by atoms with E-state index >= 15 is 0 Å². The lowest BCUT2D eigenvalue weighted by molar-refractivity contribution is -0.691. The van der Waals surface area contributed by atoms with Crippen LogP contribution in [0.3, 0.4) is 0 Å². The van der Waals surface area contributed by atoms with E-state index < -0.39 is 6.29 Å². The number of halogens is 2. The van der Waals surface area contributed by atoms with Gasteiger partial charge in [-0.15, -0.1) is 8.78 Å². The molecule has 1 aliphatic heterocycles. The summed E-state index contributed by atoms with van der Waals surface area (Å²) < 4.78 is 24.0. The summed E-state index contributed by atoms with van der Waals surface area (Å²) in [4.78, 5) is 8.02. The first-order valence-electron chi connectivity index (χ1n) is 3.73. The van der Waals surface area contributed by atoms with Crippen molar-refractivity contribution < 1.29 is 18.5 Å². The summed E-state index contributed by atoms with van der Waals surface area (Å²) >= 11 is 0. The van der Waals surface area contributed by atoms with Gasteiger partial charge in [-0.25, -0.2) is 0 Å². The highest BCUT2D eigenvalue weighted by molar-refractivity contribution is 5.13. The number of nitrogens with zero attached hydrogens (tertiary/aromatic N) is 1. The number of rotatable bonds is 2. The van der Waals surface area contributed by atoms with E-state index in [1.807, 2.05) is 18.2 Å². The summed E-state index contributed by atoms with van der Waals surface area (Å²) in [5.41, 5.74) is 0.845. The average Bonchev–Trinajstić information content (AvgIpc) is 2.03. The van der Waals surface area contributed by atoms with Gasteiger partial charge in [-0.2, -0.15) is 9.68 Å². The largest absolute Gasteiger partial charge is 0.522 e. The standard InChI is InChI=1S/C8H7F2NO2/c9-8(10)12-11(13-8)6-7-4-2-1-3-5-7/h1-5H,6H2. The number of benzene rings is 1. The lowest BCUT2D eigenvalue weighted by Crippen LogP contribution is -2.50. The van der Waals surface area contributed by atoms with Crippen molar-refractivity contribution in [3.8, 4) is 0 Å².